The maximum Gasteiger partial charge on any atom is 0.229 e. The lowest BCUT2D eigenvalue weighted by atomic mass is 10.0. The van der Waals surface area contributed by atoms with Crippen LogP contribution in [0.3, 0.4) is 0 Å². The number of anilines is 1. The van der Waals surface area contributed by atoms with Crippen LogP contribution in [-0.2, 0) is 4.79 Å². The van der Waals surface area contributed by atoms with Gasteiger partial charge >= 0.3 is 0 Å². The van der Waals surface area contributed by atoms with E-state index in [1.54, 1.807) is 19.1 Å². The van der Waals surface area contributed by atoms with Crippen LogP contribution in [-0.4, -0.2) is 26.0 Å². The van der Waals surface area contributed by atoms with Gasteiger partial charge < -0.3 is 9.47 Å². The summed E-state index contributed by atoms with van der Waals surface area (Å²) in [4.78, 5) is 18.4. The van der Waals surface area contributed by atoms with Crippen molar-refractivity contribution in [2.24, 2.45) is 4.99 Å². The number of carbonyl (C=O) groups excluding carboxylic acids is 1. The average Bonchev–Trinajstić information content (AvgIpc) is 2.61. The molecular weight excluding hydrogens is 396 g/mol. The van der Waals surface area contributed by atoms with Gasteiger partial charge in [0.05, 0.1) is 19.9 Å². The summed E-state index contributed by atoms with van der Waals surface area (Å²) >= 11 is 3.45. The second-order valence-corrected chi connectivity index (χ2v) is 6.41. The molecule has 2 aromatic rings. The molecular formula is C20H21BrN2O3. The Kier molecular flexibility index (Phi) is 6.58. The van der Waals surface area contributed by atoms with E-state index in [1.807, 2.05) is 43.3 Å². The van der Waals surface area contributed by atoms with Crippen molar-refractivity contribution in [3.8, 4) is 11.5 Å². The standard InChI is InChI=1S/C20H21BrN2O3/c1-6-22-20(17-12-19(26-5)18(25-4)10-13(17)2)23(14(3)24)16-9-7-8-15(21)11-16/h6-12H,1H2,2-5H3. The van der Waals surface area contributed by atoms with E-state index < -0.39 is 0 Å². The molecule has 0 unspecified atom stereocenters. The number of methoxy groups -OCH3 is 2. The molecule has 136 valence electrons. The predicted molar refractivity (Wildman–Crippen MR) is 108 cm³/mol. The molecule has 1 amide bonds. The summed E-state index contributed by atoms with van der Waals surface area (Å²) in [6.07, 6.45) is 1.42. The topological polar surface area (TPSA) is 51.1 Å². The van der Waals surface area contributed by atoms with Gasteiger partial charge in [0.25, 0.3) is 0 Å². The number of rotatable bonds is 5. The summed E-state index contributed by atoms with van der Waals surface area (Å²) in [5, 5.41) is 0. The highest BCUT2D eigenvalue weighted by Crippen LogP contribution is 2.32. The third kappa shape index (κ3) is 4.14. The first-order valence-corrected chi connectivity index (χ1v) is 8.70. The van der Waals surface area contributed by atoms with Crippen molar-refractivity contribution in [2.75, 3.05) is 19.1 Å². The van der Waals surface area contributed by atoms with Crippen molar-refractivity contribution in [1.29, 1.82) is 0 Å². The van der Waals surface area contributed by atoms with Gasteiger partial charge in [-0.05, 0) is 42.8 Å². The lowest BCUT2D eigenvalue weighted by Gasteiger charge is -2.25. The predicted octanol–water partition coefficient (Wildman–Crippen LogP) is 4.72. The molecule has 6 heteroatoms. The van der Waals surface area contributed by atoms with Crippen LogP contribution in [0.1, 0.15) is 18.1 Å². The smallest absolute Gasteiger partial charge is 0.229 e. The van der Waals surface area contributed by atoms with E-state index in [0.29, 0.717) is 23.0 Å². The quantitative estimate of drug-likeness (QED) is 0.523. The van der Waals surface area contributed by atoms with Gasteiger partial charge in [-0.2, -0.15) is 0 Å². The average molecular weight is 417 g/mol. The van der Waals surface area contributed by atoms with Crippen LogP contribution >= 0.6 is 15.9 Å². The van der Waals surface area contributed by atoms with Gasteiger partial charge in [0, 0.05) is 23.2 Å². The minimum atomic E-state index is -0.169. The van der Waals surface area contributed by atoms with Crippen LogP contribution in [0.25, 0.3) is 0 Å². The lowest BCUT2D eigenvalue weighted by molar-refractivity contribution is -0.115. The first-order valence-electron chi connectivity index (χ1n) is 7.90. The fourth-order valence-electron chi connectivity index (χ4n) is 2.62. The highest BCUT2D eigenvalue weighted by atomic mass is 79.9. The Morgan fingerprint density at radius 3 is 2.38 bits per heavy atom. The molecule has 0 aromatic heterocycles. The Bertz CT molecular complexity index is 862. The van der Waals surface area contributed by atoms with Crippen LogP contribution in [0.2, 0.25) is 0 Å². The fraction of sp³-hybridized carbons (Fsp3) is 0.200. The maximum atomic E-state index is 12.5. The summed E-state index contributed by atoms with van der Waals surface area (Å²) < 4.78 is 11.6. The van der Waals surface area contributed by atoms with Crippen molar-refractivity contribution in [2.45, 2.75) is 13.8 Å². The second kappa shape index (κ2) is 8.67. The Morgan fingerprint density at radius 1 is 1.19 bits per heavy atom. The molecule has 0 fully saturated rings. The number of ether oxygens (including phenoxy) is 2. The molecule has 0 aliphatic carbocycles. The Morgan fingerprint density at radius 2 is 1.85 bits per heavy atom. The highest BCUT2D eigenvalue weighted by Gasteiger charge is 2.23. The number of amides is 1. The highest BCUT2D eigenvalue weighted by molar-refractivity contribution is 9.10. The molecule has 0 aliphatic rings. The zero-order chi connectivity index (χ0) is 19.3. The molecule has 0 aliphatic heterocycles. The van der Waals surface area contributed by atoms with Gasteiger partial charge in [-0.3, -0.25) is 9.69 Å². The summed E-state index contributed by atoms with van der Waals surface area (Å²) in [6, 6.07) is 11.1. The zero-order valence-corrected chi connectivity index (χ0v) is 16.8. The third-order valence-electron chi connectivity index (χ3n) is 3.78. The third-order valence-corrected chi connectivity index (χ3v) is 4.27. The number of benzene rings is 2. The fourth-order valence-corrected chi connectivity index (χ4v) is 3.01. The van der Waals surface area contributed by atoms with E-state index in [1.165, 1.54) is 13.1 Å². The first kappa shape index (κ1) is 19.7. The Hall–Kier alpha value is -2.60. The summed E-state index contributed by atoms with van der Waals surface area (Å²) in [5.41, 5.74) is 2.34. The Labute approximate surface area is 162 Å². The van der Waals surface area contributed by atoms with E-state index in [0.717, 1.165) is 15.6 Å². The molecule has 0 saturated carbocycles. The van der Waals surface area contributed by atoms with Gasteiger partial charge in [0.1, 0.15) is 5.84 Å². The largest absolute Gasteiger partial charge is 0.493 e. The number of carbonyl (C=O) groups is 1. The molecule has 2 rings (SSSR count). The van der Waals surface area contributed by atoms with Gasteiger partial charge in [-0.15, -0.1) is 0 Å². The SMILES string of the molecule is C=CN=C(c1cc(OC)c(OC)cc1C)N(C(C)=O)c1cccc(Br)c1. The van der Waals surface area contributed by atoms with Crippen LogP contribution < -0.4 is 14.4 Å². The van der Waals surface area contributed by atoms with Crippen molar-refractivity contribution >= 4 is 33.4 Å². The van der Waals surface area contributed by atoms with Gasteiger partial charge in [-0.25, -0.2) is 4.99 Å². The van der Waals surface area contributed by atoms with E-state index in [4.69, 9.17) is 9.47 Å². The number of hydrogen-bond donors (Lipinski definition) is 0. The normalized spacial score (nSPS) is 11.0. The number of aryl methyl sites for hydroxylation is 1. The van der Waals surface area contributed by atoms with Crippen molar-refractivity contribution < 1.29 is 14.3 Å². The molecule has 0 radical (unpaired) electrons. The van der Waals surface area contributed by atoms with E-state index in [9.17, 15) is 4.79 Å². The first-order chi connectivity index (χ1) is 12.4. The number of halogens is 1. The second-order valence-electron chi connectivity index (χ2n) is 5.49. The van der Waals surface area contributed by atoms with Gasteiger partial charge in [-0.1, -0.05) is 28.6 Å². The van der Waals surface area contributed by atoms with Crippen molar-refractivity contribution in [1.82, 2.24) is 0 Å². The minimum Gasteiger partial charge on any atom is -0.493 e. The number of amidine groups is 1. The monoisotopic (exact) mass is 416 g/mol. The summed E-state index contributed by atoms with van der Waals surface area (Å²) in [7, 11) is 3.15. The molecule has 0 N–H and O–H groups in total. The molecule has 0 atom stereocenters. The van der Waals surface area contributed by atoms with Gasteiger partial charge in [0.2, 0.25) is 5.91 Å². The maximum absolute atomic E-state index is 12.5. The summed E-state index contributed by atoms with van der Waals surface area (Å²) in [6.45, 7) is 7.12. The lowest BCUT2D eigenvalue weighted by Crippen LogP contribution is -2.36. The number of hydrogen-bond acceptors (Lipinski definition) is 4. The van der Waals surface area contributed by atoms with Crippen LogP contribution in [0.15, 0.2) is 58.6 Å². The van der Waals surface area contributed by atoms with Crippen LogP contribution in [0, 0.1) is 6.92 Å². The van der Waals surface area contributed by atoms with Crippen molar-refractivity contribution in [3.63, 3.8) is 0 Å². The molecule has 26 heavy (non-hydrogen) atoms. The zero-order valence-electron chi connectivity index (χ0n) is 15.2. The van der Waals surface area contributed by atoms with E-state index in [2.05, 4.69) is 27.5 Å². The molecule has 0 saturated heterocycles. The summed E-state index contributed by atoms with van der Waals surface area (Å²) in [5.74, 6) is 1.47. The Balaban J connectivity index is 2.69. The minimum absolute atomic E-state index is 0.169. The number of nitrogens with zero attached hydrogens (tertiary/aromatic N) is 2. The molecule has 5 nitrogen and oxygen atoms in total. The molecule has 0 bridgehead atoms. The van der Waals surface area contributed by atoms with Crippen molar-refractivity contribution in [3.05, 3.63) is 64.8 Å². The van der Waals surface area contributed by atoms with Crippen LogP contribution in [0.4, 0.5) is 5.69 Å². The van der Waals surface area contributed by atoms with E-state index >= 15 is 0 Å². The van der Waals surface area contributed by atoms with E-state index in [-0.39, 0.29) is 5.91 Å². The number of aliphatic imine (C=N–C) groups is 1. The molecule has 0 heterocycles. The van der Waals surface area contributed by atoms with Gasteiger partial charge in [0.15, 0.2) is 11.5 Å². The molecule has 0 spiro atoms. The van der Waals surface area contributed by atoms with Crippen LogP contribution in [0.5, 0.6) is 11.5 Å². The molecule has 2 aromatic carbocycles.